The number of carbonyl (C=O) groups excluding carboxylic acids is 1. The molecule has 29 heavy (non-hydrogen) atoms. The fourth-order valence-corrected chi connectivity index (χ4v) is 3.45. The predicted octanol–water partition coefficient (Wildman–Crippen LogP) is 3.47. The lowest BCUT2D eigenvalue weighted by Crippen LogP contribution is -2.33. The Balaban J connectivity index is 1.50. The number of amides is 1. The Labute approximate surface area is 170 Å². The fraction of sp³-hybridized carbons (Fsp3) is 0.304. The second-order valence-electron chi connectivity index (χ2n) is 7.13. The average Bonchev–Trinajstić information content (AvgIpc) is 3.17. The first-order chi connectivity index (χ1) is 14.2. The molecular weight excluding hydrogens is 366 g/mol. The molecule has 1 aliphatic heterocycles. The van der Waals surface area contributed by atoms with Crippen LogP contribution in [0, 0.1) is 0 Å². The van der Waals surface area contributed by atoms with Gasteiger partial charge in [0.25, 0.3) is 5.91 Å². The summed E-state index contributed by atoms with van der Waals surface area (Å²) in [6, 6.07) is 15.7. The van der Waals surface area contributed by atoms with E-state index in [1.807, 2.05) is 47.0 Å². The summed E-state index contributed by atoms with van der Waals surface area (Å²) in [6.45, 7) is 2.14. The number of rotatable bonds is 7. The summed E-state index contributed by atoms with van der Waals surface area (Å²) < 4.78 is 13.2. The summed E-state index contributed by atoms with van der Waals surface area (Å²) >= 11 is 0. The molecule has 0 N–H and O–H groups in total. The molecule has 0 saturated heterocycles. The highest BCUT2D eigenvalue weighted by molar-refractivity contribution is 5.95. The number of aryl methyl sites for hydroxylation is 2. The molecule has 6 nitrogen and oxygen atoms in total. The third-order valence-corrected chi connectivity index (χ3v) is 5.07. The van der Waals surface area contributed by atoms with Gasteiger partial charge in [0.1, 0.15) is 19.0 Å². The van der Waals surface area contributed by atoms with E-state index in [9.17, 15) is 4.79 Å². The topological polar surface area (TPSA) is 56.6 Å². The van der Waals surface area contributed by atoms with Gasteiger partial charge >= 0.3 is 0 Å². The van der Waals surface area contributed by atoms with Crippen LogP contribution < -0.4 is 9.47 Å². The van der Waals surface area contributed by atoms with Gasteiger partial charge in [-0.05, 0) is 36.6 Å². The van der Waals surface area contributed by atoms with Crippen molar-refractivity contribution < 1.29 is 14.3 Å². The first-order valence-electron chi connectivity index (χ1n) is 9.90. The Morgan fingerprint density at radius 2 is 1.90 bits per heavy atom. The third-order valence-electron chi connectivity index (χ3n) is 5.07. The minimum atomic E-state index is -0.0296. The molecule has 6 heteroatoms. The minimum Gasteiger partial charge on any atom is -0.486 e. The van der Waals surface area contributed by atoms with Crippen molar-refractivity contribution in [1.82, 2.24) is 14.5 Å². The number of hydrogen-bond acceptors (Lipinski definition) is 4. The zero-order chi connectivity index (χ0) is 20.1. The molecule has 150 valence electrons. The second kappa shape index (κ2) is 8.82. The number of hydrogen-bond donors (Lipinski definition) is 0. The Morgan fingerprint density at radius 3 is 2.66 bits per heavy atom. The van der Waals surface area contributed by atoms with Crippen LogP contribution in [-0.2, 0) is 20.0 Å². The molecule has 4 rings (SSSR count). The Kier molecular flexibility index (Phi) is 5.79. The predicted molar refractivity (Wildman–Crippen MR) is 110 cm³/mol. The van der Waals surface area contributed by atoms with Crippen LogP contribution in [0.1, 0.15) is 28.2 Å². The summed E-state index contributed by atoms with van der Waals surface area (Å²) in [6.07, 6.45) is 5.45. The molecule has 3 aromatic rings. The number of carbonyl (C=O) groups is 1. The maximum absolute atomic E-state index is 13.3. The quantitative estimate of drug-likeness (QED) is 0.619. The van der Waals surface area contributed by atoms with E-state index in [2.05, 4.69) is 17.1 Å². The Hall–Kier alpha value is -3.28. The van der Waals surface area contributed by atoms with Crippen LogP contribution in [0.3, 0.4) is 0 Å². The van der Waals surface area contributed by atoms with Crippen molar-refractivity contribution in [3.63, 3.8) is 0 Å². The van der Waals surface area contributed by atoms with Crippen molar-refractivity contribution in [1.29, 1.82) is 0 Å². The van der Waals surface area contributed by atoms with Crippen LogP contribution in [-0.4, -0.2) is 40.1 Å². The van der Waals surface area contributed by atoms with E-state index in [-0.39, 0.29) is 5.91 Å². The van der Waals surface area contributed by atoms with Gasteiger partial charge in [-0.15, -0.1) is 0 Å². The number of aromatic nitrogens is 2. The van der Waals surface area contributed by atoms with Crippen LogP contribution in [0.25, 0.3) is 0 Å². The second-order valence-corrected chi connectivity index (χ2v) is 7.13. The lowest BCUT2D eigenvalue weighted by Gasteiger charge is -2.24. The molecule has 0 atom stereocenters. The van der Waals surface area contributed by atoms with Gasteiger partial charge in [0, 0.05) is 31.5 Å². The average molecular weight is 391 g/mol. The zero-order valence-corrected chi connectivity index (χ0v) is 16.6. The van der Waals surface area contributed by atoms with Crippen LogP contribution in [0.5, 0.6) is 11.5 Å². The number of imidazole rings is 1. The fourth-order valence-electron chi connectivity index (χ4n) is 3.45. The standard InChI is InChI=1S/C23H25N3O3/c1-25-13-11-24-22(25)17-26(12-5-8-18-6-3-2-4-7-18)23(27)19-9-10-20-21(16-19)29-15-14-28-20/h2-4,6-7,9-11,13,16H,5,8,12,14-15,17H2,1H3. The first kappa shape index (κ1) is 19.1. The summed E-state index contributed by atoms with van der Waals surface area (Å²) in [5, 5.41) is 0. The number of ether oxygens (including phenoxy) is 2. The first-order valence-corrected chi connectivity index (χ1v) is 9.90. The van der Waals surface area contributed by atoms with Crippen molar-refractivity contribution in [2.75, 3.05) is 19.8 Å². The lowest BCUT2D eigenvalue weighted by atomic mass is 10.1. The van der Waals surface area contributed by atoms with E-state index in [0.29, 0.717) is 43.4 Å². The maximum atomic E-state index is 13.3. The van der Waals surface area contributed by atoms with Crippen LogP contribution in [0.15, 0.2) is 60.9 Å². The zero-order valence-electron chi connectivity index (χ0n) is 16.6. The molecule has 1 aromatic heterocycles. The molecule has 0 aliphatic carbocycles. The van der Waals surface area contributed by atoms with Gasteiger partial charge in [-0.25, -0.2) is 4.98 Å². The van der Waals surface area contributed by atoms with Crippen molar-refractivity contribution in [2.45, 2.75) is 19.4 Å². The highest BCUT2D eigenvalue weighted by Crippen LogP contribution is 2.31. The van der Waals surface area contributed by atoms with E-state index in [0.717, 1.165) is 18.7 Å². The number of nitrogens with zero attached hydrogens (tertiary/aromatic N) is 3. The highest BCUT2D eigenvalue weighted by atomic mass is 16.6. The van der Waals surface area contributed by atoms with E-state index in [4.69, 9.17) is 9.47 Å². The monoisotopic (exact) mass is 391 g/mol. The van der Waals surface area contributed by atoms with E-state index >= 15 is 0 Å². The van der Waals surface area contributed by atoms with Gasteiger partial charge in [0.15, 0.2) is 11.5 Å². The molecule has 0 bridgehead atoms. The van der Waals surface area contributed by atoms with Crippen LogP contribution >= 0.6 is 0 Å². The molecule has 0 saturated carbocycles. The van der Waals surface area contributed by atoms with E-state index in [1.165, 1.54) is 5.56 Å². The van der Waals surface area contributed by atoms with Crippen molar-refractivity contribution >= 4 is 5.91 Å². The Bertz CT molecular complexity index is 969. The van der Waals surface area contributed by atoms with Gasteiger partial charge in [0.2, 0.25) is 0 Å². The normalized spacial score (nSPS) is 12.6. The van der Waals surface area contributed by atoms with Gasteiger partial charge in [0.05, 0.1) is 6.54 Å². The highest BCUT2D eigenvalue weighted by Gasteiger charge is 2.21. The van der Waals surface area contributed by atoms with E-state index in [1.54, 1.807) is 18.3 Å². The maximum Gasteiger partial charge on any atom is 0.254 e. The van der Waals surface area contributed by atoms with Gasteiger partial charge in [-0.2, -0.15) is 0 Å². The summed E-state index contributed by atoms with van der Waals surface area (Å²) in [4.78, 5) is 19.6. The van der Waals surface area contributed by atoms with Gasteiger partial charge in [-0.3, -0.25) is 4.79 Å². The lowest BCUT2D eigenvalue weighted by molar-refractivity contribution is 0.0734. The van der Waals surface area contributed by atoms with Crippen molar-refractivity contribution in [3.8, 4) is 11.5 Å². The van der Waals surface area contributed by atoms with Gasteiger partial charge in [-0.1, -0.05) is 30.3 Å². The molecule has 0 radical (unpaired) electrons. The van der Waals surface area contributed by atoms with Gasteiger partial charge < -0.3 is 18.9 Å². The molecule has 2 aromatic carbocycles. The SMILES string of the molecule is Cn1ccnc1CN(CCCc1ccccc1)C(=O)c1ccc2c(c1)OCCO2. The van der Waals surface area contributed by atoms with Crippen LogP contribution in [0.4, 0.5) is 0 Å². The van der Waals surface area contributed by atoms with E-state index < -0.39 is 0 Å². The molecular formula is C23H25N3O3. The number of fused-ring (bicyclic) bond motifs is 1. The summed E-state index contributed by atoms with van der Waals surface area (Å²) in [5.74, 6) is 2.14. The Morgan fingerprint density at radius 1 is 1.10 bits per heavy atom. The minimum absolute atomic E-state index is 0.0296. The smallest absolute Gasteiger partial charge is 0.254 e. The largest absolute Gasteiger partial charge is 0.486 e. The van der Waals surface area contributed by atoms with Crippen molar-refractivity contribution in [2.24, 2.45) is 7.05 Å². The molecule has 0 spiro atoms. The number of benzene rings is 2. The molecule has 0 unspecified atom stereocenters. The van der Waals surface area contributed by atoms with Crippen molar-refractivity contribution in [3.05, 3.63) is 77.9 Å². The summed E-state index contributed by atoms with van der Waals surface area (Å²) in [5.41, 5.74) is 1.87. The van der Waals surface area contributed by atoms with Crippen LogP contribution in [0.2, 0.25) is 0 Å². The third kappa shape index (κ3) is 4.59. The molecule has 0 fully saturated rings. The molecule has 2 heterocycles. The summed E-state index contributed by atoms with van der Waals surface area (Å²) in [7, 11) is 1.94. The molecule has 1 aliphatic rings. The molecule has 1 amide bonds.